The summed E-state index contributed by atoms with van der Waals surface area (Å²) in [5.74, 6) is 0.366. The molecule has 0 saturated carbocycles. The van der Waals surface area contributed by atoms with Crippen molar-refractivity contribution in [3.8, 4) is 0 Å². The molecule has 0 unspecified atom stereocenters. The Morgan fingerprint density at radius 1 is 1.38 bits per heavy atom. The van der Waals surface area contributed by atoms with Crippen LogP contribution in [0.15, 0.2) is 21.0 Å². The van der Waals surface area contributed by atoms with Crippen molar-refractivity contribution in [3.05, 3.63) is 32.3 Å². The molecule has 0 aromatic carbocycles. The molecule has 0 spiro atoms. The van der Waals surface area contributed by atoms with Gasteiger partial charge >= 0.3 is 5.69 Å². The number of H-pyrrole nitrogens is 1. The number of nitrogens with one attached hydrogen (secondary N) is 2. The predicted molar refractivity (Wildman–Crippen MR) is 97.6 cm³/mol. The fourth-order valence-electron chi connectivity index (χ4n) is 2.68. The number of hydrogen-bond acceptors (Lipinski definition) is 4. The SMILES string of the molecule is CCCC[C@H](CC)CNC(=O)CCn1c(=O)[nH]c2ccsc2c1=O. The molecule has 6 nitrogen and oxygen atoms in total. The van der Waals surface area contributed by atoms with Gasteiger partial charge in [0.15, 0.2) is 0 Å². The highest BCUT2D eigenvalue weighted by molar-refractivity contribution is 7.17. The van der Waals surface area contributed by atoms with Crippen molar-refractivity contribution >= 4 is 27.5 Å². The van der Waals surface area contributed by atoms with E-state index in [1.165, 1.54) is 17.8 Å². The molecule has 2 rings (SSSR count). The standard InChI is InChI=1S/C17H25N3O3S/c1-3-5-6-12(4-2)11-18-14(21)7-9-20-16(22)15-13(8-10-24-15)19-17(20)23/h8,10,12H,3-7,9,11H2,1-2H3,(H,18,21)(H,19,23)/t12-/m0/s1. The number of fused-ring (bicyclic) bond motifs is 1. The van der Waals surface area contributed by atoms with E-state index in [9.17, 15) is 14.4 Å². The molecule has 0 aliphatic carbocycles. The summed E-state index contributed by atoms with van der Waals surface area (Å²) in [6.45, 7) is 5.04. The average Bonchev–Trinajstić information content (AvgIpc) is 3.03. The highest BCUT2D eigenvalue weighted by Crippen LogP contribution is 2.12. The summed E-state index contributed by atoms with van der Waals surface area (Å²) in [7, 11) is 0. The molecule has 24 heavy (non-hydrogen) atoms. The molecule has 0 fully saturated rings. The third-order valence-electron chi connectivity index (χ3n) is 4.29. The summed E-state index contributed by atoms with van der Waals surface area (Å²) in [5.41, 5.74) is -0.239. The fourth-order valence-corrected chi connectivity index (χ4v) is 3.47. The van der Waals surface area contributed by atoms with Crippen molar-refractivity contribution in [1.29, 1.82) is 0 Å². The predicted octanol–water partition coefficient (Wildman–Crippen LogP) is 2.47. The van der Waals surface area contributed by atoms with Gasteiger partial charge < -0.3 is 10.3 Å². The van der Waals surface area contributed by atoms with Crippen LogP contribution in [0.5, 0.6) is 0 Å². The van der Waals surface area contributed by atoms with Crippen molar-refractivity contribution in [2.24, 2.45) is 5.92 Å². The third kappa shape index (κ3) is 4.56. The Bertz CT molecular complexity index is 790. The molecule has 2 N–H and O–H groups in total. The van der Waals surface area contributed by atoms with Crippen LogP contribution in [0.2, 0.25) is 0 Å². The molecule has 132 valence electrons. The molecule has 2 aromatic heterocycles. The van der Waals surface area contributed by atoms with Gasteiger partial charge in [0, 0.05) is 19.5 Å². The van der Waals surface area contributed by atoms with Crippen LogP contribution in [-0.2, 0) is 11.3 Å². The van der Waals surface area contributed by atoms with Crippen LogP contribution in [0.4, 0.5) is 0 Å². The topological polar surface area (TPSA) is 84.0 Å². The molecular formula is C17H25N3O3S. The Labute approximate surface area is 144 Å². The molecule has 1 amide bonds. The number of amides is 1. The number of unbranched alkanes of at least 4 members (excludes halogenated alkanes) is 1. The van der Waals surface area contributed by atoms with Gasteiger partial charge in [-0.3, -0.25) is 14.2 Å². The first kappa shape index (κ1) is 18.4. The lowest BCUT2D eigenvalue weighted by atomic mass is 9.99. The van der Waals surface area contributed by atoms with E-state index in [2.05, 4.69) is 24.1 Å². The van der Waals surface area contributed by atoms with Crippen molar-refractivity contribution in [2.45, 2.75) is 52.5 Å². The van der Waals surface area contributed by atoms with Crippen LogP contribution < -0.4 is 16.6 Å². The maximum Gasteiger partial charge on any atom is 0.328 e. The van der Waals surface area contributed by atoms with E-state index in [0.717, 1.165) is 23.8 Å². The Kier molecular flexibility index (Phi) is 6.78. The van der Waals surface area contributed by atoms with Gasteiger partial charge in [-0.1, -0.05) is 33.1 Å². The van der Waals surface area contributed by atoms with E-state index in [1.54, 1.807) is 11.4 Å². The maximum atomic E-state index is 12.3. The lowest BCUT2D eigenvalue weighted by Gasteiger charge is -2.15. The lowest BCUT2D eigenvalue weighted by molar-refractivity contribution is -0.121. The number of rotatable bonds is 9. The second-order valence-electron chi connectivity index (χ2n) is 6.02. The minimum atomic E-state index is -0.465. The molecule has 2 heterocycles. The first-order valence-corrected chi connectivity index (χ1v) is 9.41. The van der Waals surface area contributed by atoms with Gasteiger partial charge in [0.1, 0.15) is 4.70 Å². The van der Waals surface area contributed by atoms with Crippen LogP contribution in [0.1, 0.15) is 46.0 Å². The Hall–Kier alpha value is -1.89. The van der Waals surface area contributed by atoms with Crippen LogP contribution in [0, 0.1) is 5.92 Å². The first-order valence-electron chi connectivity index (χ1n) is 8.53. The molecule has 1 atom stereocenters. The summed E-state index contributed by atoms with van der Waals surface area (Å²) in [6, 6.07) is 1.71. The zero-order chi connectivity index (χ0) is 17.5. The Morgan fingerprint density at radius 3 is 2.88 bits per heavy atom. The van der Waals surface area contributed by atoms with E-state index in [1.807, 2.05) is 0 Å². The van der Waals surface area contributed by atoms with E-state index < -0.39 is 5.69 Å². The van der Waals surface area contributed by atoms with Crippen LogP contribution in [0.25, 0.3) is 10.2 Å². The number of carbonyl (C=O) groups excluding carboxylic acids is 1. The highest BCUT2D eigenvalue weighted by Gasteiger charge is 2.12. The monoisotopic (exact) mass is 351 g/mol. The average molecular weight is 351 g/mol. The summed E-state index contributed by atoms with van der Waals surface area (Å²) in [4.78, 5) is 38.9. The minimum absolute atomic E-state index is 0.0968. The van der Waals surface area contributed by atoms with E-state index >= 15 is 0 Å². The zero-order valence-electron chi connectivity index (χ0n) is 14.3. The summed E-state index contributed by atoms with van der Waals surface area (Å²) in [5, 5.41) is 4.68. The summed E-state index contributed by atoms with van der Waals surface area (Å²) < 4.78 is 1.62. The molecule has 7 heteroatoms. The number of nitrogens with zero attached hydrogens (tertiary/aromatic N) is 1. The van der Waals surface area contributed by atoms with Gasteiger partial charge in [-0.15, -0.1) is 11.3 Å². The zero-order valence-corrected chi connectivity index (χ0v) is 15.1. The lowest BCUT2D eigenvalue weighted by Crippen LogP contribution is -2.37. The summed E-state index contributed by atoms with van der Waals surface area (Å²) >= 11 is 1.29. The van der Waals surface area contributed by atoms with Gasteiger partial charge in [0.05, 0.1) is 5.52 Å². The van der Waals surface area contributed by atoms with Crippen molar-refractivity contribution in [3.63, 3.8) is 0 Å². The van der Waals surface area contributed by atoms with Gasteiger partial charge in [0.2, 0.25) is 5.91 Å². The normalized spacial score (nSPS) is 12.4. The van der Waals surface area contributed by atoms with Crippen molar-refractivity contribution in [2.75, 3.05) is 6.54 Å². The second-order valence-corrected chi connectivity index (χ2v) is 6.94. The highest BCUT2D eigenvalue weighted by atomic mass is 32.1. The second kappa shape index (κ2) is 8.82. The Morgan fingerprint density at radius 2 is 2.17 bits per heavy atom. The van der Waals surface area contributed by atoms with E-state index in [0.29, 0.717) is 22.7 Å². The third-order valence-corrected chi connectivity index (χ3v) is 5.19. The number of carbonyl (C=O) groups is 1. The van der Waals surface area contributed by atoms with Gasteiger partial charge in [-0.2, -0.15) is 0 Å². The number of aromatic amines is 1. The van der Waals surface area contributed by atoms with E-state index in [-0.39, 0.29) is 24.4 Å². The molecule has 0 bridgehead atoms. The quantitative estimate of drug-likeness (QED) is 0.728. The van der Waals surface area contributed by atoms with Crippen molar-refractivity contribution < 1.29 is 4.79 Å². The smallest absolute Gasteiger partial charge is 0.328 e. The van der Waals surface area contributed by atoms with Crippen LogP contribution in [-0.4, -0.2) is 22.0 Å². The molecular weight excluding hydrogens is 326 g/mol. The Balaban J connectivity index is 1.92. The molecule has 0 radical (unpaired) electrons. The maximum absolute atomic E-state index is 12.3. The number of thiophene rings is 1. The first-order chi connectivity index (χ1) is 11.6. The van der Waals surface area contributed by atoms with Crippen molar-refractivity contribution in [1.82, 2.24) is 14.9 Å². The van der Waals surface area contributed by atoms with Crippen LogP contribution >= 0.6 is 11.3 Å². The van der Waals surface area contributed by atoms with Gasteiger partial charge in [-0.25, -0.2) is 4.79 Å². The molecule has 0 aliphatic rings. The molecule has 2 aromatic rings. The number of aromatic nitrogens is 2. The van der Waals surface area contributed by atoms with Crippen LogP contribution in [0.3, 0.4) is 0 Å². The minimum Gasteiger partial charge on any atom is -0.356 e. The van der Waals surface area contributed by atoms with E-state index in [4.69, 9.17) is 0 Å². The molecule has 0 aliphatic heterocycles. The van der Waals surface area contributed by atoms with Gasteiger partial charge in [-0.05, 0) is 23.8 Å². The molecule has 0 saturated heterocycles. The summed E-state index contributed by atoms with van der Waals surface area (Å²) in [6.07, 6.45) is 4.60. The van der Waals surface area contributed by atoms with Gasteiger partial charge in [0.25, 0.3) is 5.56 Å². The number of hydrogen-bond donors (Lipinski definition) is 2. The fraction of sp³-hybridized carbons (Fsp3) is 0.588. The largest absolute Gasteiger partial charge is 0.356 e.